The van der Waals surface area contributed by atoms with E-state index in [1.807, 2.05) is 0 Å². The fraction of sp³-hybridized carbons (Fsp3) is 1.00. The molecule has 0 bridgehead atoms. The summed E-state index contributed by atoms with van der Waals surface area (Å²) in [6.07, 6.45) is 2.56. The van der Waals surface area contributed by atoms with Gasteiger partial charge in [0, 0.05) is 17.0 Å². The number of nitrogens with zero attached hydrogens (tertiary/aromatic N) is 1. The number of alkyl halides is 1. The van der Waals surface area contributed by atoms with Crippen molar-refractivity contribution >= 4 is 19.9 Å². The lowest BCUT2D eigenvalue weighted by atomic mass is 10.3. The van der Waals surface area contributed by atoms with Gasteiger partial charge in [0.15, 0.2) is 0 Å². The Labute approximate surface area is 85.5 Å². The zero-order valence-corrected chi connectivity index (χ0v) is 9.76. The van der Waals surface area contributed by atoms with E-state index in [1.54, 1.807) is 0 Å². The Kier molecular flexibility index (Phi) is 14.8. The molecule has 4 nitrogen and oxygen atoms in total. The zero-order valence-electron chi connectivity index (χ0n) is 8.11. The molecule has 0 radical (unpaired) electrons. The van der Waals surface area contributed by atoms with Crippen molar-refractivity contribution in [3.63, 3.8) is 0 Å². The summed E-state index contributed by atoms with van der Waals surface area (Å²) in [5, 5.41) is 0. The first-order chi connectivity index (χ1) is 6.04. The van der Waals surface area contributed by atoms with Crippen molar-refractivity contribution in [1.82, 2.24) is 4.90 Å². The molecule has 0 aromatic heterocycles. The van der Waals surface area contributed by atoms with Crippen molar-refractivity contribution in [2.45, 2.75) is 19.8 Å². The largest absolute Gasteiger partial charge is 0.692 e. The third-order valence-corrected chi connectivity index (χ3v) is 1.53. The molecule has 80 valence electrons. The topological polar surface area (TPSA) is 60.8 Å². The fourth-order valence-electron chi connectivity index (χ4n) is 0.684. The van der Waals surface area contributed by atoms with Crippen LogP contribution in [0.25, 0.3) is 0 Å². The second-order valence-corrected chi connectivity index (χ2v) is 3.48. The molecule has 0 unspecified atom stereocenters. The van der Waals surface area contributed by atoms with Gasteiger partial charge in [-0.1, -0.05) is 13.3 Å². The molecule has 0 fully saturated rings. The Morgan fingerprint density at radius 3 is 2.15 bits per heavy atom. The molecule has 13 heavy (non-hydrogen) atoms. The standard InChI is InChI=1S/C7H16ClN.HO3P/c1-3-4-6-9(2)7-5-8;1-4(2)3/h3-7H2,1-2H3;(H-,1,2,3)/p+1. The van der Waals surface area contributed by atoms with Crippen molar-refractivity contribution in [2.75, 3.05) is 26.0 Å². The number of halogens is 1. The second-order valence-electron chi connectivity index (χ2n) is 2.60. The van der Waals surface area contributed by atoms with E-state index in [0.717, 1.165) is 12.4 Å². The van der Waals surface area contributed by atoms with Gasteiger partial charge in [-0.3, -0.25) is 0 Å². The molecule has 2 N–H and O–H groups in total. The molecule has 0 aromatic rings. The van der Waals surface area contributed by atoms with Crippen LogP contribution >= 0.6 is 19.9 Å². The summed E-state index contributed by atoms with van der Waals surface area (Å²) in [4.78, 5) is 16.5. The summed E-state index contributed by atoms with van der Waals surface area (Å²) in [5.74, 6) is 0.750. The number of hydrogen-bond donors (Lipinski definition) is 2. The highest BCUT2D eigenvalue weighted by Gasteiger charge is 1.93. The van der Waals surface area contributed by atoms with Crippen molar-refractivity contribution < 1.29 is 14.4 Å². The summed E-state index contributed by atoms with van der Waals surface area (Å²) in [6.45, 7) is 4.40. The molecule has 0 aliphatic carbocycles. The van der Waals surface area contributed by atoms with Crippen molar-refractivity contribution in [2.24, 2.45) is 0 Å². The summed E-state index contributed by atoms with van der Waals surface area (Å²) in [5.41, 5.74) is 0. The van der Waals surface area contributed by atoms with E-state index in [1.165, 1.54) is 19.4 Å². The maximum atomic E-state index is 8.70. The first kappa shape index (κ1) is 15.7. The van der Waals surface area contributed by atoms with E-state index in [9.17, 15) is 0 Å². The summed E-state index contributed by atoms with van der Waals surface area (Å²) in [7, 11) is -0.761. The van der Waals surface area contributed by atoms with Crippen LogP contribution in [-0.4, -0.2) is 40.7 Å². The van der Waals surface area contributed by atoms with Crippen molar-refractivity contribution in [3.05, 3.63) is 0 Å². The van der Waals surface area contributed by atoms with Gasteiger partial charge in [-0.05, 0) is 20.0 Å². The number of unbranched alkanes of at least 4 members (excludes halogenated alkanes) is 1. The van der Waals surface area contributed by atoms with Gasteiger partial charge in [-0.15, -0.1) is 21.4 Å². The van der Waals surface area contributed by atoms with Crippen molar-refractivity contribution in [3.8, 4) is 0 Å². The van der Waals surface area contributed by atoms with Gasteiger partial charge in [0.25, 0.3) is 0 Å². The smallest absolute Gasteiger partial charge is 0.305 e. The van der Waals surface area contributed by atoms with Gasteiger partial charge in [0.05, 0.1) is 0 Å². The van der Waals surface area contributed by atoms with E-state index in [-0.39, 0.29) is 0 Å². The number of hydrogen-bond acceptors (Lipinski definition) is 2. The molecule has 0 aliphatic heterocycles. The lowest BCUT2D eigenvalue weighted by Gasteiger charge is -2.12. The zero-order chi connectivity index (χ0) is 10.7. The van der Waals surface area contributed by atoms with Crippen LogP contribution in [0.4, 0.5) is 0 Å². The van der Waals surface area contributed by atoms with E-state index in [4.69, 9.17) is 26.0 Å². The lowest BCUT2D eigenvalue weighted by molar-refractivity contribution is 0.348. The summed E-state index contributed by atoms with van der Waals surface area (Å²) in [6, 6.07) is 0. The Balaban J connectivity index is 0. The Morgan fingerprint density at radius 2 is 1.85 bits per heavy atom. The highest BCUT2D eigenvalue weighted by molar-refractivity contribution is 7.30. The highest BCUT2D eigenvalue weighted by atomic mass is 35.5. The van der Waals surface area contributed by atoms with E-state index >= 15 is 0 Å². The predicted molar refractivity (Wildman–Crippen MR) is 55.2 cm³/mol. The van der Waals surface area contributed by atoms with Crippen molar-refractivity contribution in [1.29, 1.82) is 0 Å². The minimum absolute atomic E-state index is 0.750. The third kappa shape index (κ3) is 24.5. The predicted octanol–water partition coefficient (Wildman–Crippen LogP) is 1.59. The number of rotatable bonds is 5. The molecule has 0 rings (SSSR count). The highest BCUT2D eigenvalue weighted by Crippen LogP contribution is 1.98. The van der Waals surface area contributed by atoms with Gasteiger partial charge in [0.1, 0.15) is 0 Å². The summed E-state index contributed by atoms with van der Waals surface area (Å²) < 4.78 is 8.70. The van der Waals surface area contributed by atoms with Gasteiger partial charge < -0.3 is 4.90 Å². The first-order valence-electron chi connectivity index (χ1n) is 4.14. The second kappa shape index (κ2) is 12.3. The lowest BCUT2D eigenvalue weighted by Crippen LogP contribution is -2.21. The summed E-state index contributed by atoms with van der Waals surface area (Å²) >= 11 is 5.53. The first-order valence-corrected chi connectivity index (χ1v) is 5.84. The van der Waals surface area contributed by atoms with E-state index in [2.05, 4.69) is 18.9 Å². The molecule has 0 saturated carbocycles. The molecular formula is C7H18ClNO3P+. The Hall–Kier alpha value is 0.270. The van der Waals surface area contributed by atoms with Crippen LogP contribution in [0.1, 0.15) is 19.8 Å². The molecule has 0 aromatic carbocycles. The molecule has 0 spiro atoms. The maximum Gasteiger partial charge on any atom is 0.692 e. The maximum absolute atomic E-state index is 8.70. The molecule has 0 amide bonds. The van der Waals surface area contributed by atoms with Crippen LogP contribution in [0, 0.1) is 0 Å². The molecule has 0 atom stereocenters. The van der Waals surface area contributed by atoms with Crippen LogP contribution < -0.4 is 0 Å². The van der Waals surface area contributed by atoms with Crippen LogP contribution in [-0.2, 0) is 4.57 Å². The Morgan fingerprint density at radius 1 is 1.38 bits per heavy atom. The monoisotopic (exact) mass is 230 g/mol. The van der Waals surface area contributed by atoms with Crippen LogP contribution in [0.15, 0.2) is 0 Å². The molecule has 0 heterocycles. The van der Waals surface area contributed by atoms with Crippen LogP contribution in [0.3, 0.4) is 0 Å². The minimum Gasteiger partial charge on any atom is -0.305 e. The van der Waals surface area contributed by atoms with Crippen LogP contribution in [0.2, 0.25) is 0 Å². The fourth-order valence-corrected chi connectivity index (χ4v) is 0.973. The SMILES string of the molecule is CCCCN(C)CCCl.O=[P+](O)O. The normalized spacial score (nSPS) is 9.38. The molecule has 0 aliphatic rings. The Bertz CT molecular complexity index is 122. The molecule has 6 heteroatoms. The van der Waals surface area contributed by atoms with E-state index < -0.39 is 8.25 Å². The molecular weight excluding hydrogens is 213 g/mol. The molecule has 0 saturated heterocycles. The van der Waals surface area contributed by atoms with Gasteiger partial charge in [-0.25, -0.2) is 0 Å². The quantitative estimate of drug-likeness (QED) is 0.556. The van der Waals surface area contributed by atoms with Gasteiger partial charge in [0.2, 0.25) is 0 Å². The van der Waals surface area contributed by atoms with Crippen LogP contribution in [0.5, 0.6) is 0 Å². The average molecular weight is 231 g/mol. The van der Waals surface area contributed by atoms with Gasteiger partial charge >= 0.3 is 8.25 Å². The average Bonchev–Trinajstić information content (AvgIpc) is 2.00. The minimum atomic E-state index is -2.87. The van der Waals surface area contributed by atoms with Gasteiger partial charge in [-0.2, -0.15) is 0 Å². The van der Waals surface area contributed by atoms with E-state index in [0.29, 0.717) is 0 Å². The third-order valence-electron chi connectivity index (χ3n) is 1.36.